The van der Waals surface area contributed by atoms with Crippen LogP contribution in [0, 0.1) is 13.8 Å². The minimum Gasteiger partial charge on any atom is -0.496 e. The molecule has 0 aliphatic carbocycles. The van der Waals surface area contributed by atoms with Gasteiger partial charge in [0.2, 0.25) is 0 Å². The molecule has 0 aliphatic rings. The molecule has 2 N–H and O–H groups in total. The Balaban J connectivity index is 2.87. The maximum Gasteiger partial charge on any atom is 0.499 e. The van der Waals surface area contributed by atoms with Gasteiger partial charge in [-0.05, 0) is 31.0 Å². The van der Waals surface area contributed by atoms with Crippen molar-refractivity contribution in [1.29, 1.82) is 0 Å². The Morgan fingerprint density at radius 1 is 1.06 bits per heavy atom. The highest BCUT2D eigenvalue weighted by atomic mass is 32.1. The second-order valence-electron chi connectivity index (χ2n) is 4.08. The molecule has 0 unspecified atom stereocenters. The summed E-state index contributed by atoms with van der Waals surface area (Å²) >= 11 is 1.30. The highest BCUT2D eigenvalue weighted by molar-refractivity contribution is 7.28. The van der Waals surface area contributed by atoms with Crippen molar-refractivity contribution >= 4 is 33.3 Å². The van der Waals surface area contributed by atoms with Crippen LogP contribution in [-0.4, -0.2) is 31.4 Å². The molecule has 0 amide bonds. The molecule has 1 heterocycles. The van der Waals surface area contributed by atoms with E-state index in [1.54, 1.807) is 20.3 Å². The van der Waals surface area contributed by atoms with E-state index in [-0.39, 0.29) is 0 Å². The third-order valence-corrected chi connectivity index (χ3v) is 4.28. The minimum atomic E-state index is -1.47. The SMILES string of the molecule is COc1c(C)c(C)c(OC)c2sc(B(O)O)cc12. The summed E-state index contributed by atoms with van der Waals surface area (Å²) in [6.45, 7) is 3.92. The molecule has 1 aromatic carbocycles. The van der Waals surface area contributed by atoms with Crippen molar-refractivity contribution in [2.45, 2.75) is 13.8 Å². The van der Waals surface area contributed by atoms with Crippen LogP contribution in [0.5, 0.6) is 11.5 Å². The first-order valence-electron chi connectivity index (χ1n) is 5.52. The summed E-state index contributed by atoms with van der Waals surface area (Å²) in [5, 5.41) is 19.4. The van der Waals surface area contributed by atoms with Crippen LogP contribution in [0.3, 0.4) is 0 Å². The van der Waals surface area contributed by atoms with E-state index in [0.29, 0.717) is 4.78 Å². The topological polar surface area (TPSA) is 58.9 Å². The number of hydrogen-bond donors (Lipinski definition) is 2. The Bertz CT molecular complexity index is 545. The van der Waals surface area contributed by atoms with Gasteiger partial charge in [0.1, 0.15) is 11.5 Å². The molecule has 6 heteroatoms. The molecule has 2 rings (SSSR count). The number of methoxy groups -OCH3 is 2. The standard InChI is InChI=1S/C12H15BO4S/c1-6-7(2)11(17-4)12-8(10(6)16-3)5-9(18-12)13(14)15/h5,14-15H,1-4H3. The summed E-state index contributed by atoms with van der Waals surface area (Å²) in [5.74, 6) is 1.52. The number of fused-ring (bicyclic) bond motifs is 1. The largest absolute Gasteiger partial charge is 0.499 e. The molecule has 0 aliphatic heterocycles. The Morgan fingerprint density at radius 2 is 1.61 bits per heavy atom. The molecule has 96 valence electrons. The lowest BCUT2D eigenvalue weighted by Gasteiger charge is -2.13. The van der Waals surface area contributed by atoms with Crippen LogP contribution in [0.2, 0.25) is 0 Å². The molecule has 1 aromatic heterocycles. The fourth-order valence-corrected chi connectivity index (χ4v) is 3.20. The zero-order valence-corrected chi connectivity index (χ0v) is 11.6. The van der Waals surface area contributed by atoms with Gasteiger partial charge < -0.3 is 19.5 Å². The second-order valence-corrected chi connectivity index (χ2v) is 5.17. The maximum absolute atomic E-state index is 9.27. The Morgan fingerprint density at radius 3 is 2.11 bits per heavy atom. The third-order valence-electron chi connectivity index (χ3n) is 3.11. The third kappa shape index (κ3) is 1.86. The summed E-state index contributed by atoms with van der Waals surface area (Å²) < 4.78 is 12.2. The average molecular weight is 266 g/mol. The van der Waals surface area contributed by atoms with E-state index < -0.39 is 7.12 Å². The smallest absolute Gasteiger partial charge is 0.496 e. The highest BCUT2D eigenvalue weighted by Crippen LogP contribution is 2.42. The van der Waals surface area contributed by atoms with Crippen molar-refractivity contribution < 1.29 is 19.5 Å². The van der Waals surface area contributed by atoms with Crippen LogP contribution in [0.1, 0.15) is 11.1 Å². The first kappa shape index (κ1) is 13.2. The normalized spacial score (nSPS) is 10.8. The zero-order valence-electron chi connectivity index (χ0n) is 10.8. The zero-order chi connectivity index (χ0) is 13.4. The predicted molar refractivity (Wildman–Crippen MR) is 74.2 cm³/mol. The lowest BCUT2D eigenvalue weighted by Crippen LogP contribution is -2.26. The van der Waals surface area contributed by atoms with Crippen LogP contribution in [0.4, 0.5) is 0 Å². The van der Waals surface area contributed by atoms with Gasteiger partial charge in [0.05, 0.1) is 18.9 Å². The monoisotopic (exact) mass is 266 g/mol. The van der Waals surface area contributed by atoms with Crippen molar-refractivity contribution in [2.75, 3.05) is 14.2 Å². The Labute approximate surface area is 110 Å². The predicted octanol–water partition coefficient (Wildman–Crippen LogP) is 1.22. The molecule has 0 bridgehead atoms. The van der Waals surface area contributed by atoms with Crippen LogP contribution in [0.15, 0.2) is 6.07 Å². The fraction of sp³-hybridized carbons (Fsp3) is 0.333. The van der Waals surface area contributed by atoms with E-state index in [1.807, 2.05) is 13.8 Å². The summed E-state index contributed by atoms with van der Waals surface area (Å²) in [6.07, 6.45) is 0. The van der Waals surface area contributed by atoms with Gasteiger partial charge in [-0.1, -0.05) is 0 Å². The van der Waals surface area contributed by atoms with E-state index >= 15 is 0 Å². The van der Waals surface area contributed by atoms with Crippen molar-refractivity contribution in [3.63, 3.8) is 0 Å². The van der Waals surface area contributed by atoms with E-state index in [0.717, 1.165) is 32.7 Å². The van der Waals surface area contributed by atoms with Crippen molar-refractivity contribution in [2.24, 2.45) is 0 Å². The first-order valence-corrected chi connectivity index (χ1v) is 6.33. The molecule has 0 atom stereocenters. The molecule has 2 aromatic rings. The minimum absolute atomic E-state index is 0.478. The van der Waals surface area contributed by atoms with E-state index in [1.165, 1.54) is 11.3 Å². The lowest BCUT2D eigenvalue weighted by atomic mass is 9.89. The number of rotatable bonds is 3. The number of thiophene rings is 1. The molecule has 4 nitrogen and oxygen atoms in total. The van der Waals surface area contributed by atoms with Gasteiger partial charge in [0, 0.05) is 10.2 Å². The fourth-order valence-electron chi connectivity index (χ4n) is 2.10. The summed E-state index contributed by atoms with van der Waals surface area (Å²) in [6, 6.07) is 1.73. The Kier molecular flexibility index (Phi) is 3.52. The van der Waals surface area contributed by atoms with Crippen LogP contribution in [-0.2, 0) is 0 Å². The molecular weight excluding hydrogens is 251 g/mol. The molecule has 0 spiro atoms. The average Bonchev–Trinajstić information content (AvgIpc) is 2.75. The molecule has 0 saturated heterocycles. The summed E-state index contributed by atoms with van der Waals surface area (Å²) in [5.41, 5.74) is 2.00. The van der Waals surface area contributed by atoms with Crippen LogP contribution >= 0.6 is 11.3 Å². The van der Waals surface area contributed by atoms with E-state index in [2.05, 4.69) is 0 Å². The van der Waals surface area contributed by atoms with Crippen molar-refractivity contribution in [1.82, 2.24) is 0 Å². The summed E-state index contributed by atoms with van der Waals surface area (Å²) in [4.78, 5) is 0. The second kappa shape index (κ2) is 4.80. The van der Waals surface area contributed by atoms with Gasteiger partial charge in [-0.25, -0.2) is 0 Å². The maximum atomic E-state index is 9.27. The Hall–Kier alpha value is -1.24. The quantitative estimate of drug-likeness (QED) is 0.820. The molecule has 0 saturated carbocycles. The number of benzene rings is 1. The molecular formula is C12H15BO4S. The van der Waals surface area contributed by atoms with Crippen molar-refractivity contribution in [3.05, 3.63) is 17.2 Å². The van der Waals surface area contributed by atoms with Crippen LogP contribution < -0.4 is 14.3 Å². The van der Waals surface area contributed by atoms with Gasteiger partial charge in [-0.15, -0.1) is 11.3 Å². The highest BCUT2D eigenvalue weighted by Gasteiger charge is 2.22. The van der Waals surface area contributed by atoms with E-state index in [4.69, 9.17) is 9.47 Å². The number of hydrogen-bond acceptors (Lipinski definition) is 5. The molecule has 0 fully saturated rings. The molecule has 18 heavy (non-hydrogen) atoms. The van der Waals surface area contributed by atoms with Gasteiger partial charge >= 0.3 is 7.12 Å². The lowest BCUT2D eigenvalue weighted by molar-refractivity contribution is 0.406. The van der Waals surface area contributed by atoms with Gasteiger partial charge in [-0.2, -0.15) is 0 Å². The summed E-state index contributed by atoms with van der Waals surface area (Å²) in [7, 11) is 1.75. The molecule has 0 radical (unpaired) electrons. The van der Waals surface area contributed by atoms with E-state index in [9.17, 15) is 10.0 Å². The van der Waals surface area contributed by atoms with Gasteiger partial charge in [0.25, 0.3) is 0 Å². The number of ether oxygens (including phenoxy) is 2. The van der Waals surface area contributed by atoms with Gasteiger partial charge in [-0.3, -0.25) is 0 Å². The van der Waals surface area contributed by atoms with Crippen molar-refractivity contribution in [3.8, 4) is 11.5 Å². The van der Waals surface area contributed by atoms with Gasteiger partial charge in [0.15, 0.2) is 0 Å². The first-order chi connectivity index (χ1) is 8.51. The van der Waals surface area contributed by atoms with Crippen LogP contribution in [0.25, 0.3) is 10.1 Å².